The summed E-state index contributed by atoms with van der Waals surface area (Å²) in [7, 11) is -3.72. The van der Waals surface area contributed by atoms with Crippen molar-refractivity contribution in [1.29, 1.82) is 0 Å². The monoisotopic (exact) mass is 359 g/mol. The van der Waals surface area contributed by atoms with Gasteiger partial charge < -0.3 is 5.32 Å². The molecule has 0 radical (unpaired) electrons. The Kier molecular flexibility index (Phi) is 5.33. The van der Waals surface area contributed by atoms with Gasteiger partial charge in [0.25, 0.3) is 0 Å². The number of halogens is 3. The zero-order valence-electron chi connectivity index (χ0n) is 11.7. The van der Waals surface area contributed by atoms with Crippen LogP contribution in [0.25, 0.3) is 0 Å². The molecule has 1 N–H and O–H groups in total. The van der Waals surface area contributed by atoms with Crippen molar-refractivity contribution in [3.8, 4) is 0 Å². The number of amides is 1. The Hall–Kier alpha value is -1.99. The van der Waals surface area contributed by atoms with Crippen LogP contribution in [0.15, 0.2) is 47.4 Å². The number of hydrogen-bond donors (Lipinski definition) is 1. The van der Waals surface area contributed by atoms with Crippen molar-refractivity contribution in [2.75, 3.05) is 11.1 Å². The van der Waals surface area contributed by atoms with E-state index in [-0.39, 0.29) is 22.0 Å². The maximum absolute atomic E-state index is 13.5. The van der Waals surface area contributed by atoms with E-state index in [1.54, 1.807) is 0 Å². The largest absolute Gasteiger partial charge is 0.324 e. The van der Waals surface area contributed by atoms with Gasteiger partial charge in [-0.2, -0.15) is 0 Å². The smallest absolute Gasteiger partial charge is 0.225 e. The lowest BCUT2D eigenvalue weighted by molar-refractivity contribution is -0.115. The van der Waals surface area contributed by atoms with Crippen LogP contribution in [0.1, 0.15) is 6.42 Å². The molecule has 1 amide bonds. The molecule has 23 heavy (non-hydrogen) atoms. The SMILES string of the molecule is O=C(CCS(=O)(=O)c1ccc(F)cc1)Nc1ccc(Cl)cc1F. The first-order chi connectivity index (χ1) is 10.8. The predicted molar refractivity (Wildman–Crippen MR) is 83.1 cm³/mol. The fourth-order valence-electron chi connectivity index (χ4n) is 1.79. The highest BCUT2D eigenvalue weighted by Gasteiger charge is 2.17. The summed E-state index contributed by atoms with van der Waals surface area (Å²) in [5, 5.41) is 2.45. The molecule has 8 heteroatoms. The molecular weight excluding hydrogens is 348 g/mol. The van der Waals surface area contributed by atoms with E-state index >= 15 is 0 Å². The van der Waals surface area contributed by atoms with Gasteiger partial charge in [-0.1, -0.05) is 11.6 Å². The second kappa shape index (κ2) is 7.06. The van der Waals surface area contributed by atoms with Crippen molar-refractivity contribution >= 4 is 33.0 Å². The number of carbonyl (C=O) groups is 1. The number of benzene rings is 2. The first-order valence-corrected chi connectivity index (χ1v) is 8.54. The number of rotatable bonds is 5. The van der Waals surface area contributed by atoms with Crippen LogP contribution in [0, 0.1) is 11.6 Å². The molecule has 0 saturated heterocycles. The van der Waals surface area contributed by atoms with E-state index in [1.165, 1.54) is 12.1 Å². The minimum absolute atomic E-state index is 0.0793. The van der Waals surface area contributed by atoms with E-state index in [9.17, 15) is 22.0 Å². The number of carbonyl (C=O) groups excluding carboxylic acids is 1. The van der Waals surface area contributed by atoms with Gasteiger partial charge in [0.05, 0.1) is 16.3 Å². The summed E-state index contributed by atoms with van der Waals surface area (Å²) in [6.45, 7) is 0. The summed E-state index contributed by atoms with van der Waals surface area (Å²) in [5.74, 6) is -2.40. The van der Waals surface area contributed by atoms with Crippen LogP contribution in [-0.2, 0) is 14.6 Å². The van der Waals surface area contributed by atoms with Crippen LogP contribution in [0.3, 0.4) is 0 Å². The predicted octanol–water partition coefficient (Wildman–Crippen LogP) is 3.42. The van der Waals surface area contributed by atoms with Crippen molar-refractivity contribution in [1.82, 2.24) is 0 Å². The Bertz CT molecular complexity index is 823. The summed E-state index contributed by atoms with van der Waals surface area (Å²) < 4.78 is 50.4. The van der Waals surface area contributed by atoms with Gasteiger partial charge in [0.1, 0.15) is 11.6 Å². The number of anilines is 1. The first-order valence-electron chi connectivity index (χ1n) is 6.51. The Morgan fingerprint density at radius 3 is 2.35 bits per heavy atom. The lowest BCUT2D eigenvalue weighted by Gasteiger charge is -2.07. The fraction of sp³-hybridized carbons (Fsp3) is 0.133. The van der Waals surface area contributed by atoms with E-state index in [1.807, 2.05) is 0 Å². The van der Waals surface area contributed by atoms with Crippen LogP contribution in [0.5, 0.6) is 0 Å². The normalized spacial score (nSPS) is 11.3. The molecule has 0 atom stereocenters. The number of nitrogens with one attached hydrogen (secondary N) is 1. The third-order valence-corrected chi connectivity index (χ3v) is 4.94. The van der Waals surface area contributed by atoms with Gasteiger partial charge in [0, 0.05) is 11.4 Å². The minimum Gasteiger partial charge on any atom is -0.324 e. The average molecular weight is 360 g/mol. The van der Waals surface area contributed by atoms with E-state index in [0.29, 0.717) is 0 Å². The van der Waals surface area contributed by atoms with E-state index < -0.39 is 33.1 Å². The highest BCUT2D eigenvalue weighted by molar-refractivity contribution is 7.91. The molecule has 2 aromatic carbocycles. The van der Waals surface area contributed by atoms with Crippen molar-refractivity contribution in [2.24, 2.45) is 0 Å². The second-order valence-corrected chi connectivity index (χ2v) is 7.24. The lowest BCUT2D eigenvalue weighted by Crippen LogP contribution is -2.18. The Balaban J connectivity index is 1.99. The molecule has 0 aliphatic heterocycles. The summed E-state index contributed by atoms with van der Waals surface area (Å²) in [4.78, 5) is 11.7. The van der Waals surface area contributed by atoms with Crippen LogP contribution in [-0.4, -0.2) is 20.1 Å². The van der Waals surface area contributed by atoms with Crippen LogP contribution in [0.2, 0.25) is 5.02 Å². The number of hydrogen-bond acceptors (Lipinski definition) is 3. The third-order valence-electron chi connectivity index (χ3n) is 2.98. The molecule has 0 saturated carbocycles. The molecule has 122 valence electrons. The molecule has 0 heterocycles. The van der Waals surface area contributed by atoms with Crippen LogP contribution < -0.4 is 5.32 Å². The summed E-state index contributed by atoms with van der Waals surface area (Å²) in [6.07, 6.45) is -0.359. The van der Waals surface area contributed by atoms with Gasteiger partial charge in [-0.25, -0.2) is 17.2 Å². The maximum Gasteiger partial charge on any atom is 0.225 e. The Labute approximate surface area is 137 Å². The highest BCUT2D eigenvalue weighted by Crippen LogP contribution is 2.19. The van der Waals surface area contributed by atoms with Crippen molar-refractivity contribution < 1.29 is 22.0 Å². The zero-order chi connectivity index (χ0) is 17.0. The topological polar surface area (TPSA) is 63.2 Å². The standard InChI is InChI=1S/C15H12ClF2NO3S/c16-10-1-6-14(13(18)9-10)19-15(20)7-8-23(21,22)12-4-2-11(17)3-5-12/h1-6,9H,7-8H2,(H,19,20). The van der Waals surface area contributed by atoms with Gasteiger partial charge >= 0.3 is 0 Å². The number of sulfone groups is 1. The molecule has 0 fully saturated rings. The van der Waals surface area contributed by atoms with Crippen molar-refractivity contribution in [3.63, 3.8) is 0 Å². The summed E-state index contributed by atoms with van der Waals surface area (Å²) in [6, 6.07) is 8.01. The Morgan fingerprint density at radius 2 is 1.74 bits per heavy atom. The van der Waals surface area contributed by atoms with Gasteiger partial charge in [0.15, 0.2) is 9.84 Å². The molecular formula is C15H12ClF2NO3S. The minimum atomic E-state index is -3.72. The average Bonchev–Trinajstić information content (AvgIpc) is 2.49. The second-order valence-electron chi connectivity index (χ2n) is 4.70. The summed E-state index contributed by atoms with van der Waals surface area (Å²) in [5.41, 5.74) is -0.0846. The molecule has 0 unspecified atom stereocenters. The van der Waals surface area contributed by atoms with E-state index in [2.05, 4.69) is 5.32 Å². The maximum atomic E-state index is 13.5. The third kappa shape index (κ3) is 4.74. The molecule has 0 spiro atoms. The lowest BCUT2D eigenvalue weighted by atomic mass is 10.3. The molecule has 0 aliphatic carbocycles. The first kappa shape index (κ1) is 17.4. The van der Waals surface area contributed by atoms with Crippen LogP contribution >= 0.6 is 11.6 Å². The zero-order valence-corrected chi connectivity index (χ0v) is 13.3. The van der Waals surface area contributed by atoms with Crippen molar-refractivity contribution in [2.45, 2.75) is 11.3 Å². The molecule has 0 bridgehead atoms. The van der Waals surface area contributed by atoms with Gasteiger partial charge in [-0.05, 0) is 42.5 Å². The summed E-state index contributed by atoms with van der Waals surface area (Å²) >= 11 is 5.59. The van der Waals surface area contributed by atoms with Gasteiger partial charge in [0.2, 0.25) is 5.91 Å². The quantitative estimate of drug-likeness (QED) is 0.832. The molecule has 0 aromatic heterocycles. The molecule has 4 nitrogen and oxygen atoms in total. The highest BCUT2D eigenvalue weighted by atomic mass is 35.5. The van der Waals surface area contributed by atoms with E-state index in [4.69, 9.17) is 11.6 Å². The van der Waals surface area contributed by atoms with Gasteiger partial charge in [-0.3, -0.25) is 4.79 Å². The Morgan fingerprint density at radius 1 is 1.09 bits per heavy atom. The van der Waals surface area contributed by atoms with Crippen LogP contribution in [0.4, 0.5) is 14.5 Å². The van der Waals surface area contributed by atoms with Crippen molar-refractivity contribution in [3.05, 3.63) is 59.1 Å². The fourth-order valence-corrected chi connectivity index (χ4v) is 3.19. The van der Waals surface area contributed by atoms with E-state index in [0.717, 1.165) is 30.3 Å². The molecule has 0 aliphatic rings. The molecule has 2 rings (SSSR count). The molecule has 2 aromatic rings. The van der Waals surface area contributed by atoms with Gasteiger partial charge in [-0.15, -0.1) is 0 Å².